The summed E-state index contributed by atoms with van der Waals surface area (Å²) in [6.07, 6.45) is 2.04. The minimum Gasteiger partial charge on any atom is -0.394 e. The van der Waals surface area contributed by atoms with E-state index in [0.29, 0.717) is 0 Å². The number of aliphatic hydroxyl groups is 3. The van der Waals surface area contributed by atoms with Gasteiger partial charge in [-0.05, 0) is 0 Å². The molecule has 4 N–H and O–H groups in total. The zero-order chi connectivity index (χ0) is 14.5. The van der Waals surface area contributed by atoms with Crippen molar-refractivity contribution in [1.29, 1.82) is 0 Å². The van der Waals surface area contributed by atoms with Crippen LogP contribution in [0.4, 0.5) is 0 Å². The van der Waals surface area contributed by atoms with Crippen molar-refractivity contribution in [3.05, 3.63) is 12.2 Å². The maximum Gasteiger partial charge on any atom is 0.253 e. The van der Waals surface area contributed by atoms with Crippen molar-refractivity contribution < 1.29 is 29.7 Å². The van der Waals surface area contributed by atoms with Crippen LogP contribution in [0.3, 0.4) is 0 Å². The van der Waals surface area contributed by atoms with E-state index in [4.69, 9.17) is 15.3 Å². The first-order chi connectivity index (χ1) is 8.98. The molecule has 0 aromatic heterocycles. The van der Waals surface area contributed by atoms with Crippen molar-refractivity contribution in [3.8, 4) is 0 Å². The monoisotopic (exact) mass is 272 g/mol. The van der Waals surface area contributed by atoms with Gasteiger partial charge in [0.05, 0.1) is 19.8 Å². The maximum absolute atomic E-state index is 11.6. The molecule has 8 heteroatoms. The molecule has 0 radical (unpaired) electrons. The molecule has 1 heterocycles. The van der Waals surface area contributed by atoms with Crippen molar-refractivity contribution in [2.75, 3.05) is 26.4 Å². The van der Waals surface area contributed by atoms with Crippen LogP contribution in [0.2, 0.25) is 0 Å². The molecule has 0 saturated carbocycles. The lowest BCUT2D eigenvalue weighted by atomic mass is 10.0. The molecule has 1 aliphatic rings. The Morgan fingerprint density at radius 3 is 2.00 bits per heavy atom. The highest BCUT2D eigenvalue weighted by Crippen LogP contribution is 2.06. The molecule has 0 fully saturated rings. The van der Waals surface area contributed by atoms with Gasteiger partial charge in [0, 0.05) is 25.1 Å². The van der Waals surface area contributed by atoms with Gasteiger partial charge in [-0.3, -0.25) is 19.3 Å². The second-order valence-corrected chi connectivity index (χ2v) is 4.21. The smallest absolute Gasteiger partial charge is 0.253 e. The first kappa shape index (κ1) is 15.3. The Morgan fingerprint density at radius 2 is 1.58 bits per heavy atom. The Kier molecular flexibility index (Phi) is 5.16. The molecule has 106 valence electrons. The van der Waals surface area contributed by atoms with Crippen LogP contribution < -0.4 is 5.32 Å². The van der Waals surface area contributed by atoms with Crippen molar-refractivity contribution in [2.24, 2.45) is 0 Å². The Balaban J connectivity index is 2.48. The summed E-state index contributed by atoms with van der Waals surface area (Å²) < 4.78 is 0. The van der Waals surface area contributed by atoms with E-state index in [-0.39, 0.29) is 13.0 Å². The average molecular weight is 272 g/mol. The zero-order valence-corrected chi connectivity index (χ0v) is 10.2. The minimum absolute atomic E-state index is 0.102. The highest BCUT2D eigenvalue weighted by molar-refractivity contribution is 6.13. The van der Waals surface area contributed by atoms with Gasteiger partial charge in [-0.25, -0.2) is 0 Å². The summed E-state index contributed by atoms with van der Waals surface area (Å²) in [5, 5.41) is 29.4. The largest absolute Gasteiger partial charge is 0.394 e. The van der Waals surface area contributed by atoms with Crippen LogP contribution in [-0.2, 0) is 14.4 Å². The molecule has 3 amide bonds. The molecule has 0 spiro atoms. The van der Waals surface area contributed by atoms with Crippen molar-refractivity contribution in [2.45, 2.75) is 12.0 Å². The summed E-state index contributed by atoms with van der Waals surface area (Å²) in [5.74, 6) is -1.57. The normalized spacial score (nSPS) is 15.2. The second kappa shape index (κ2) is 6.41. The van der Waals surface area contributed by atoms with E-state index in [2.05, 4.69) is 5.32 Å². The number of hydrogen-bond donors (Lipinski definition) is 4. The lowest BCUT2D eigenvalue weighted by Crippen LogP contribution is -2.57. The molecular weight excluding hydrogens is 256 g/mol. The Morgan fingerprint density at radius 1 is 1.11 bits per heavy atom. The minimum atomic E-state index is -1.51. The van der Waals surface area contributed by atoms with Gasteiger partial charge in [0.2, 0.25) is 5.91 Å². The topological polar surface area (TPSA) is 127 Å². The maximum atomic E-state index is 11.6. The van der Waals surface area contributed by atoms with Crippen molar-refractivity contribution in [1.82, 2.24) is 10.2 Å². The van der Waals surface area contributed by atoms with Gasteiger partial charge in [-0.15, -0.1) is 0 Å². The highest BCUT2D eigenvalue weighted by Gasteiger charge is 2.30. The summed E-state index contributed by atoms with van der Waals surface area (Å²) in [5.41, 5.74) is -1.51. The van der Waals surface area contributed by atoms with Crippen LogP contribution in [0.25, 0.3) is 0 Å². The lowest BCUT2D eigenvalue weighted by molar-refractivity contribution is -0.137. The number of carbonyl (C=O) groups is 3. The van der Waals surface area contributed by atoms with E-state index in [1.54, 1.807) is 0 Å². The van der Waals surface area contributed by atoms with Crippen LogP contribution in [0.15, 0.2) is 12.2 Å². The molecule has 1 rings (SSSR count). The number of nitrogens with zero attached hydrogens (tertiary/aromatic N) is 1. The molecular formula is C11H16N2O6. The van der Waals surface area contributed by atoms with Crippen LogP contribution in [0, 0.1) is 0 Å². The van der Waals surface area contributed by atoms with E-state index in [1.807, 2.05) is 0 Å². The van der Waals surface area contributed by atoms with E-state index in [1.165, 1.54) is 0 Å². The molecule has 8 nitrogen and oxygen atoms in total. The molecule has 0 aliphatic carbocycles. The summed E-state index contributed by atoms with van der Waals surface area (Å²) in [6.45, 7) is -1.99. The third-order valence-electron chi connectivity index (χ3n) is 2.78. The van der Waals surface area contributed by atoms with Gasteiger partial charge < -0.3 is 20.6 Å². The molecule has 0 saturated heterocycles. The second-order valence-electron chi connectivity index (χ2n) is 4.21. The fraction of sp³-hybridized carbons (Fsp3) is 0.545. The predicted molar refractivity (Wildman–Crippen MR) is 62.6 cm³/mol. The van der Waals surface area contributed by atoms with Crippen LogP contribution in [-0.4, -0.2) is 69.8 Å². The zero-order valence-electron chi connectivity index (χ0n) is 10.2. The van der Waals surface area contributed by atoms with E-state index < -0.39 is 43.1 Å². The standard InChI is InChI=1S/C11H16N2O6/c14-5-11(6-15,7-16)12-8(17)3-4-13-9(18)1-2-10(13)19/h1-2,14-16H,3-7H2,(H,12,17). The third-order valence-corrected chi connectivity index (χ3v) is 2.78. The van der Waals surface area contributed by atoms with Gasteiger partial charge in [0.1, 0.15) is 5.54 Å². The molecule has 0 atom stereocenters. The van der Waals surface area contributed by atoms with Crippen LogP contribution >= 0.6 is 0 Å². The summed E-state index contributed by atoms with van der Waals surface area (Å²) in [4.78, 5) is 34.9. The first-order valence-corrected chi connectivity index (χ1v) is 5.65. The van der Waals surface area contributed by atoms with Gasteiger partial charge in [0.15, 0.2) is 0 Å². The van der Waals surface area contributed by atoms with Gasteiger partial charge in [0.25, 0.3) is 11.8 Å². The number of rotatable bonds is 7. The summed E-state index contributed by atoms with van der Waals surface area (Å²) >= 11 is 0. The van der Waals surface area contributed by atoms with E-state index in [0.717, 1.165) is 17.1 Å². The third kappa shape index (κ3) is 3.60. The molecule has 1 aliphatic heterocycles. The number of nitrogens with one attached hydrogen (secondary N) is 1. The fourth-order valence-electron chi connectivity index (χ4n) is 1.49. The fourth-order valence-corrected chi connectivity index (χ4v) is 1.49. The molecule has 0 bridgehead atoms. The quantitative estimate of drug-likeness (QED) is 0.369. The van der Waals surface area contributed by atoms with Crippen LogP contribution in [0.1, 0.15) is 6.42 Å². The average Bonchev–Trinajstić information content (AvgIpc) is 2.73. The predicted octanol–water partition coefficient (Wildman–Crippen LogP) is -2.87. The molecule has 0 aromatic carbocycles. The van der Waals surface area contributed by atoms with Gasteiger partial charge >= 0.3 is 0 Å². The Bertz CT molecular complexity index is 376. The number of imide groups is 1. The molecule has 0 aromatic rings. The summed E-state index contributed by atoms with van der Waals surface area (Å²) in [6, 6.07) is 0. The van der Waals surface area contributed by atoms with E-state index in [9.17, 15) is 14.4 Å². The Hall–Kier alpha value is -1.77. The van der Waals surface area contributed by atoms with Gasteiger partial charge in [-0.2, -0.15) is 0 Å². The molecule has 0 unspecified atom stereocenters. The van der Waals surface area contributed by atoms with Gasteiger partial charge in [-0.1, -0.05) is 0 Å². The van der Waals surface area contributed by atoms with Crippen molar-refractivity contribution in [3.63, 3.8) is 0 Å². The summed E-state index contributed by atoms with van der Waals surface area (Å²) in [7, 11) is 0. The highest BCUT2D eigenvalue weighted by atomic mass is 16.3. The lowest BCUT2D eigenvalue weighted by Gasteiger charge is -2.28. The number of amides is 3. The molecule has 19 heavy (non-hydrogen) atoms. The number of carbonyl (C=O) groups excluding carboxylic acids is 3. The first-order valence-electron chi connectivity index (χ1n) is 5.65. The van der Waals surface area contributed by atoms with Crippen LogP contribution in [0.5, 0.6) is 0 Å². The number of hydrogen-bond acceptors (Lipinski definition) is 6. The van der Waals surface area contributed by atoms with E-state index >= 15 is 0 Å². The Labute approximate surface area is 109 Å². The van der Waals surface area contributed by atoms with Crippen molar-refractivity contribution >= 4 is 17.7 Å². The SMILES string of the molecule is O=C(CCN1C(=O)C=CC1=O)NC(CO)(CO)CO. The number of aliphatic hydroxyl groups excluding tert-OH is 3.